The fourth-order valence-electron chi connectivity index (χ4n) is 4.63. The Kier molecular flexibility index (Phi) is 4.94. The highest BCUT2D eigenvalue weighted by Gasteiger charge is 2.59. The Morgan fingerprint density at radius 1 is 1.14 bits per heavy atom. The topological polar surface area (TPSA) is 106 Å². The number of hydrogen-bond donors (Lipinski definition) is 3. The van der Waals surface area contributed by atoms with Crippen LogP contribution in [0.3, 0.4) is 0 Å². The van der Waals surface area contributed by atoms with Gasteiger partial charge in [0.25, 0.3) is 0 Å². The fraction of sp³-hybridized carbons (Fsp3) is 0.292. The van der Waals surface area contributed by atoms with E-state index >= 15 is 0 Å². The number of anilines is 1. The number of ether oxygens (including phenoxy) is 2. The van der Waals surface area contributed by atoms with E-state index in [1.165, 1.54) is 6.07 Å². The minimum Gasteiger partial charge on any atom is -0.488 e. The number of carbonyl (C=O) groups excluding carboxylic acids is 1. The maximum absolute atomic E-state index is 12.9. The molecular formula is C24H19F3N4O4. The lowest BCUT2D eigenvalue weighted by Gasteiger charge is -2.19. The van der Waals surface area contributed by atoms with Crippen LogP contribution in [0.15, 0.2) is 48.8 Å². The molecule has 0 saturated heterocycles. The highest BCUT2D eigenvalue weighted by atomic mass is 19.4. The van der Waals surface area contributed by atoms with Crippen LogP contribution in [0.25, 0.3) is 0 Å². The van der Waals surface area contributed by atoms with Gasteiger partial charge in [-0.1, -0.05) is 0 Å². The number of benzene rings is 1. The van der Waals surface area contributed by atoms with Gasteiger partial charge in [-0.2, -0.15) is 13.2 Å². The largest absolute Gasteiger partial charge is 0.488 e. The van der Waals surface area contributed by atoms with Crippen LogP contribution in [0.5, 0.6) is 17.2 Å². The van der Waals surface area contributed by atoms with Gasteiger partial charge in [-0.25, -0.2) is 4.98 Å². The molecule has 8 nitrogen and oxygen atoms in total. The van der Waals surface area contributed by atoms with E-state index in [4.69, 9.17) is 9.47 Å². The Hall–Kier alpha value is -3.70. The lowest BCUT2D eigenvalue weighted by atomic mass is 10.1. The van der Waals surface area contributed by atoms with Crippen molar-refractivity contribution < 1.29 is 32.5 Å². The number of aliphatic hydroxyl groups is 1. The molecule has 11 heteroatoms. The third-order valence-electron chi connectivity index (χ3n) is 6.40. The van der Waals surface area contributed by atoms with Crippen molar-refractivity contribution in [2.24, 2.45) is 0 Å². The Bertz CT molecular complexity index is 1330. The van der Waals surface area contributed by atoms with Crippen molar-refractivity contribution >= 4 is 11.7 Å². The van der Waals surface area contributed by atoms with Crippen molar-refractivity contribution in [1.29, 1.82) is 0 Å². The predicted molar refractivity (Wildman–Crippen MR) is 116 cm³/mol. The molecule has 1 aromatic carbocycles. The molecule has 3 N–H and O–H groups in total. The summed E-state index contributed by atoms with van der Waals surface area (Å²) in [6.07, 6.45) is -2.66. The number of carbonyl (C=O) groups is 1. The van der Waals surface area contributed by atoms with E-state index < -0.39 is 18.1 Å². The molecule has 180 valence electrons. The van der Waals surface area contributed by atoms with E-state index in [-0.39, 0.29) is 29.5 Å². The summed E-state index contributed by atoms with van der Waals surface area (Å²) in [5.41, 5.74) is 0.725. The van der Waals surface area contributed by atoms with Crippen molar-refractivity contribution in [3.8, 4) is 17.2 Å². The third kappa shape index (κ3) is 3.96. The average molecular weight is 484 g/mol. The highest BCUT2D eigenvalue weighted by Crippen LogP contribution is 2.55. The smallest absolute Gasteiger partial charge is 0.433 e. The van der Waals surface area contributed by atoms with Crippen molar-refractivity contribution in [3.05, 3.63) is 71.2 Å². The molecule has 1 aliphatic carbocycles. The van der Waals surface area contributed by atoms with Crippen LogP contribution < -0.4 is 20.1 Å². The van der Waals surface area contributed by atoms with Gasteiger partial charge in [0.15, 0.2) is 0 Å². The molecule has 3 aliphatic rings. The number of nitrogens with one attached hydrogen (secondary N) is 2. The van der Waals surface area contributed by atoms with Gasteiger partial charge in [0.1, 0.15) is 41.1 Å². The zero-order chi connectivity index (χ0) is 24.3. The lowest BCUT2D eigenvalue weighted by Crippen LogP contribution is -2.28. The van der Waals surface area contributed by atoms with Crippen LogP contribution in [-0.2, 0) is 17.4 Å². The van der Waals surface area contributed by atoms with E-state index in [1.807, 2.05) is 6.07 Å². The second-order valence-electron chi connectivity index (χ2n) is 8.66. The zero-order valence-electron chi connectivity index (χ0n) is 18.0. The normalized spacial score (nSPS) is 22.9. The summed E-state index contributed by atoms with van der Waals surface area (Å²) in [6.45, 7) is 0. The molecule has 1 amide bonds. The molecule has 6 rings (SSSR count). The monoisotopic (exact) mass is 484 g/mol. The summed E-state index contributed by atoms with van der Waals surface area (Å²) in [4.78, 5) is 19.2. The summed E-state index contributed by atoms with van der Waals surface area (Å²) in [5, 5.41) is 16.2. The SMILES string of the molecule is O=C1CCc2c(Oc3ccc4c(c3)[C@H]3[C@H](NC(O)c5ccnc(C(F)(F)F)c5)[C@H]3O4)ccnc2N1. The highest BCUT2D eigenvalue weighted by molar-refractivity contribution is 5.93. The molecule has 35 heavy (non-hydrogen) atoms. The summed E-state index contributed by atoms with van der Waals surface area (Å²) in [7, 11) is 0. The molecule has 1 unspecified atom stereocenters. The number of aromatic nitrogens is 2. The summed E-state index contributed by atoms with van der Waals surface area (Å²) >= 11 is 0. The van der Waals surface area contributed by atoms with E-state index in [9.17, 15) is 23.1 Å². The quantitative estimate of drug-likeness (QED) is 0.475. The van der Waals surface area contributed by atoms with E-state index in [2.05, 4.69) is 20.6 Å². The number of fused-ring (bicyclic) bond motifs is 4. The van der Waals surface area contributed by atoms with Gasteiger partial charge in [-0.15, -0.1) is 0 Å². The van der Waals surface area contributed by atoms with Crippen LogP contribution in [0.2, 0.25) is 0 Å². The van der Waals surface area contributed by atoms with Gasteiger partial charge in [0.2, 0.25) is 5.91 Å². The second-order valence-corrected chi connectivity index (χ2v) is 8.66. The number of amides is 1. The Morgan fingerprint density at radius 2 is 1.97 bits per heavy atom. The fourth-order valence-corrected chi connectivity index (χ4v) is 4.63. The lowest BCUT2D eigenvalue weighted by molar-refractivity contribution is -0.141. The van der Waals surface area contributed by atoms with Crippen LogP contribution in [0.4, 0.5) is 19.0 Å². The van der Waals surface area contributed by atoms with Crippen LogP contribution in [-0.4, -0.2) is 33.1 Å². The first kappa shape index (κ1) is 21.8. The summed E-state index contributed by atoms with van der Waals surface area (Å²) in [6, 6.07) is 9.08. The van der Waals surface area contributed by atoms with Crippen LogP contribution in [0.1, 0.15) is 41.0 Å². The Morgan fingerprint density at radius 3 is 2.80 bits per heavy atom. The number of halogens is 3. The number of rotatable bonds is 5. The van der Waals surface area contributed by atoms with Crippen molar-refractivity contribution in [2.75, 3.05) is 5.32 Å². The number of alkyl halides is 3. The molecular weight excluding hydrogens is 465 g/mol. The molecule has 1 saturated carbocycles. The van der Waals surface area contributed by atoms with E-state index in [0.29, 0.717) is 35.9 Å². The maximum atomic E-state index is 12.9. The van der Waals surface area contributed by atoms with Gasteiger partial charge in [0.05, 0.1) is 6.04 Å². The summed E-state index contributed by atoms with van der Waals surface area (Å²) < 4.78 is 50.9. The van der Waals surface area contributed by atoms with Crippen LogP contribution in [0, 0.1) is 0 Å². The Labute approximate surface area is 197 Å². The molecule has 2 aliphatic heterocycles. The molecule has 1 fully saturated rings. The molecule has 4 heterocycles. The predicted octanol–water partition coefficient (Wildman–Crippen LogP) is 3.68. The Balaban J connectivity index is 1.17. The molecule has 2 aromatic heterocycles. The molecule has 0 spiro atoms. The number of pyridine rings is 2. The van der Waals surface area contributed by atoms with E-state index in [0.717, 1.165) is 23.4 Å². The number of aliphatic hydroxyl groups excluding tert-OH is 1. The van der Waals surface area contributed by atoms with Gasteiger partial charge in [-0.05, 0) is 48.4 Å². The molecule has 3 aromatic rings. The maximum Gasteiger partial charge on any atom is 0.433 e. The first-order valence-corrected chi connectivity index (χ1v) is 11.0. The second kappa shape index (κ2) is 7.92. The first-order chi connectivity index (χ1) is 16.8. The zero-order valence-corrected chi connectivity index (χ0v) is 18.0. The third-order valence-corrected chi connectivity index (χ3v) is 6.40. The minimum absolute atomic E-state index is 0.0715. The van der Waals surface area contributed by atoms with Gasteiger partial charge in [-0.3, -0.25) is 15.1 Å². The standard InChI is InChI=1S/C24H19F3N4O4/c25-24(26,27)17-9-11(5-7-28-17)23(33)31-20-19-14-10-12(1-3-15(14)35-21(19)20)34-16-6-8-29-22-13(16)2-4-18(32)30-22/h1,3,5-10,19-21,23,31,33H,2,4H2,(H,29,30,32)/t19-,20-,21-,23?/m0/s1. The first-order valence-electron chi connectivity index (χ1n) is 11.0. The minimum atomic E-state index is -4.59. The molecule has 0 bridgehead atoms. The van der Waals surface area contributed by atoms with Crippen molar-refractivity contribution in [3.63, 3.8) is 0 Å². The van der Waals surface area contributed by atoms with Gasteiger partial charge < -0.3 is 19.9 Å². The average Bonchev–Trinajstić information content (AvgIpc) is 3.35. The van der Waals surface area contributed by atoms with Crippen molar-refractivity contribution in [1.82, 2.24) is 15.3 Å². The number of nitrogens with zero attached hydrogens (tertiary/aromatic N) is 2. The van der Waals surface area contributed by atoms with Gasteiger partial charge >= 0.3 is 6.18 Å². The van der Waals surface area contributed by atoms with Gasteiger partial charge in [0, 0.05) is 35.9 Å². The molecule has 0 radical (unpaired) electrons. The summed E-state index contributed by atoms with van der Waals surface area (Å²) in [5.74, 6) is 2.22. The van der Waals surface area contributed by atoms with Crippen molar-refractivity contribution in [2.45, 2.75) is 43.3 Å². The van der Waals surface area contributed by atoms with Crippen LogP contribution >= 0.6 is 0 Å². The number of hydrogen-bond acceptors (Lipinski definition) is 7. The molecule has 4 atom stereocenters. The van der Waals surface area contributed by atoms with E-state index in [1.54, 1.807) is 24.4 Å².